The molecule has 0 saturated carbocycles. The normalized spacial score (nSPS) is 15.9. The minimum absolute atomic E-state index is 0.0664. The Kier molecular flexibility index (Phi) is 4.00. The van der Waals surface area contributed by atoms with Crippen molar-refractivity contribution in [2.24, 2.45) is 0 Å². The summed E-state index contributed by atoms with van der Waals surface area (Å²) in [7, 11) is 3.93. The smallest absolute Gasteiger partial charge is 0.224 e. The molecule has 1 aromatic rings. The van der Waals surface area contributed by atoms with Crippen LogP contribution in [0.15, 0.2) is 18.2 Å². The van der Waals surface area contributed by atoms with Crippen LogP contribution in [0.1, 0.15) is 30.4 Å². The number of benzene rings is 1. The molecule has 1 aliphatic rings. The van der Waals surface area contributed by atoms with E-state index in [2.05, 4.69) is 11.4 Å². The van der Waals surface area contributed by atoms with E-state index < -0.39 is 0 Å². The summed E-state index contributed by atoms with van der Waals surface area (Å²) in [6.45, 7) is 2.34. The third-order valence-electron chi connectivity index (χ3n) is 3.47. The van der Waals surface area contributed by atoms with Crippen LogP contribution in [0.5, 0.6) is 0 Å². The summed E-state index contributed by atoms with van der Waals surface area (Å²) in [5, 5.41) is 2.86. The molecule has 4 nitrogen and oxygen atoms in total. The Bertz CT molecular complexity index is 509. The van der Waals surface area contributed by atoms with Crippen molar-refractivity contribution in [2.45, 2.75) is 25.7 Å². The first-order valence-electron chi connectivity index (χ1n) is 6.55. The van der Waals surface area contributed by atoms with Gasteiger partial charge in [-0.15, -0.1) is 0 Å². The summed E-state index contributed by atoms with van der Waals surface area (Å²) in [5.74, 6) is 0.142. The molecule has 0 radical (unpaired) electrons. The van der Waals surface area contributed by atoms with Crippen LogP contribution in [0.4, 0.5) is 5.69 Å². The Hall–Kier alpha value is -1.68. The van der Waals surface area contributed by atoms with E-state index in [1.165, 1.54) is 0 Å². The topological polar surface area (TPSA) is 49.4 Å². The lowest BCUT2D eigenvalue weighted by atomic mass is 9.91. The van der Waals surface area contributed by atoms with Crippen molar-refractivity contribution >= 4 is 17.4 Å². The molecular weight excluding hydrogens is 240 g/mol. The number of hydrogen-bond donors (Lipinski definition) is 1. The van der Waals surface area contributed by atoms with E-state index >= 15 is 0 Å². The number of hydrogen-bond acceptors (Lipinski definition) is 3. The molecule has 1 atom stereocenters. The van der Waals surface area contributed by atoms with Gasteiger partial charge < -0.3 is 10.2 Å². The molecular formula is C15H20N2O2. The van der Waals surface area contributed by atoms with Gasteiger partial charge in [0.2, 0.25) is 5.91 Å². The molecule has 0 bridgehead atoms. The fourth-order valence-electron chi connectivity index (χ4n) is 2.45. The van der Waals surface area contributed by atoms with E-state index in [1.54, 1.807) is 6.92 Å². The summed E-state index contributed by atoms with van der Waals surface area (Å²) in [6.07, 6.45) is 1.27. The lowest BCUT2D eigenvalue weighted by Gasteiger charge is -2.22. The fourth-order valence-corrected chi connectivity index (χ4v) is 2.45. The number of carbonyl (C=O) groups excluding carboxylic acids is 2. The van der Waals surface area contributed by atoms with E-state index in [0.29, 0.717) is 13.0 Å². The van der Waals surface area contributed by atoms with Gasteiger partial charge in [0.15, 0.2) is 0 Å². The highest BCUT2D eigenvalue weighted by Crippen LogP contribution is 2.27. The van der Waals surface area contributed by atoms with E-state index in [0.717, 1.165) is 23.2 Å². The van der Waals surface area contributed by atoms with Crippen LogP contribution in [0, 0.1) is 0 Å². The second kappa shape index (κ2) is 5.53. The van der Waals surface area contributed by atoms with Gasteiger partial charge in [0.1, 0.15) is 5.78 Å². The van der Waals surface area contributed by atoms with Gasteiger partial charge in [-0.05, 0) is 44.6 Å². The zero-order valence-corrected chi connectivity index (χ0v) is 11.7. The molecule has 102 valence electrons. The first-order chi connectivity index (χ1) is 8.97. The summed E-state index contributed by atoms with van der Waals surface area (Å²) >= 11 is 0. The lowest BCUT2D eigenvalue weighted by molar-refractivity contribution is -0.119. The number of nitrogens with one attached hydrogen (secondary N) is 1. The van der Waals surface area contributed by atoms with Crippen molar-refractivity contribution in [1.82, 2.24) is 4.90 Å². The average Bonchev–Trinajstić information content (AvgIpc) is 2.35. The summed E-state index contributed by atoms with van der Waals surface area (Å²) < 4.78 is 0. The van der Waals surface area contributed by atoms with Gasteiger partial charge in [0.25, 0.3) is 0 Å². The predicted octanol–water partition coefficient (Wildman–Crippen LogP) is 1.81. The van der Waals surface area contributed by atoms with Crippen LogP contribution in [0.25, 0.3) is 0 Å². The molecule has 4 heteroatoms. The molecule has 1 N–H and O–H groups in total. The highest BCUT2D eigenvalue weighted by atomic mass is 16.1. The third-order valence-corrected chi connectivity index (χ3v) is 3.47. The number of amides is 1. The molecule has 0 aliphatic carbocycles. The first-order valence-corrected chi connectivity index (χ1v) is 6.55. The van der Waals surface area contributed by atoms with E-state index in [1.807, 2.05) is 31.1 Å². The number of nitrogens with zero attached hydrogens (tertiary/aromatic N) is 1. The fraction of sp³-hybridized carbons (Fsp3) is 0.467. The zero-order chi connectivity index (χ0) is 14.0. The highest BCUT2D eigenvalue weighted by molar-refractivity contribution is 5.94. The van der Waals surface area contributed by atoms with Crippen LogP contribution in [0.3, 0.4) is 0 Å². The van der Waals surface area contributed by atoms with Gasteiger partial charge in [-0.25, -0.2) is 0 Å². The molecule has 2 rings (SSSR count). The van der Waals surface area contributed by atoms with E-state index in [-0.39, 0.29) is 17.6 Å². The average molecular weight is 260 g/mol. The molecule has 0 fully saturated rings. The third kappa shape index (κ3) is 3.20. The van der Waals surface area contributed by atoms with Gasteiger partial charge in [-0.2, -0.15) is 0 Å². The minimum Gasteiger partial charge on any atom is -0.326 e. The standard InChI is InChI=1S/C15H20N2O2/c1-10(18)13(9-17(2)3)11-4-6-14-12(8-11)5-7-15(19)16-14/h4,6,8,13H,5,7,9H2,1-3H3,(H,16,19). The Balaban J connectivity index is 2.29. The molecule has 0 spiro atoms. The molecule has 1 unspecified atom stereocenters. The molecule has 1 aromatic carbocycles. The molecule has 1 heterocycles. The van der Waals surface area contributed by atoms with Gasteiger partial charge in [0.05, 0.1) is 5.92 Å². The predicted molar refractivity (Wildman–Crippen MR) is 75.4 cm³/mol. The maximum Gasteiger partial charge on any atom is 0.224 e. The quantitative estimate of drug-likeness (QED) is 0.898. The lowest BCUT2D eigenvalue weighted by Crippen LogP contribution is -2.25. The van der Waals surface area contributed by atoms with Crippen molar-refractivity contribution in [3.8, 4) is 0 Å². The van der Waals surface area contributed by atoms with Crippen LogP contribution >= 0.6 is 0 Å². The first kappa shape index (κ1) is 13.7. The highest BCUT2D eigenvalue weighted by Gasteiger charge is 2.21. The van der Waals surface area contributed by atoms with Crippen LogP contribution in [0.2, 0.25) is 0 Å². The molecule has 1 aliphatic heterocycles. The molecule has 1 amide bonds. The minimum atomic E-state index is -0.0991. The van der Waals surface area contributed by atoms with Crippen LogP contribution in [-0.4, -0.2) is 37.2 Å². The second-order valence-corrected chi connectivity index (χ2v) is 5.39. The van der Waals surface area contributed by atoms with Gasteiger partial charge >= 0.3 is 0 Å². The number of rotatable bonds is 4. The number of fused-ring (bicyclic) bond motifs is 1. The number of aryl methyl sites for hydroxylation is 1. The van der Waals surface area contributed by atoms with Crippen molar-refractivity contribution < 1.29 is 9.59 Å². The molecule has 0 saturated heterocycles. The maximum atomic E-state index is 11.8. The van der Waals surface area contributed by atoms with Gasteiger partial charge in [-0.1, -0.05) is 12.1 Å². The van der Waals surface area contributed by atoms with E-state index in [9.17, 15) is 9.59 Å². The summed E-state index contributed by atoms with van der Waals surface area (Å²) in [5.41, 5.74) is 3.05. The van der Waals surface area contributed by atoms with Crippen molar-refractivity contribution in [2.75, 3.05) is 26.0 Å². The van der Waals surface area contributed by atoms with Crippen molar-refractivity contribution in [3.05, 3.63) is 29.3 Å². The number of carbonyl (C=O) groups is 2. The summed E-state index contributed by atoms with van der Waals surface area (Å²) in [4.78, 5) is 25.2. The second-order valence-electron chi connectivity index (χ2n) is 5.39. The Labute approximate surface area is 113 Å². The Morgan fingerprint density at radius 2 is 2.11 bits per heavy atom. The van der Waals surface area contributed by atoms with E-state index in [4.69, 9.17) is 0 Å². The largest absolute Gasteiger partial charge is 0.326 e. The SMILES string of the molecule is CC(=O)C(CN(C)C)c1ccc2c(c1)CCC(=O)N2. The van der Waals surface area contributed by atoms with Crippen molar-refractivity contribution in [1.29, 1.82) is 0 Å². The monoisotopic (exact) mass is 260 g/mol. The molecule has 0 aromatic heterocycles. The summed E-state index contributed by atoms with van der Waals surface area (Å²) in [6, 6.07) is 5.91. The number of Topliss-reactive ketones (excluding diaryl/α,β-unsaturated/α-hetero) is 1. The number of anilines is 1. The van der Waals surface area contributed by atoms with Crippen LogP contribution < -0.4 is 5.32 Å². The van der Waals surface area contributed by atoms with Gasteiger partial charge in [0, 0.05) is 18.7 Å². The Morgan fingerprint density at radius 1 is 1.37 bits per heavy atom. The maximum absolute atomic E-state index is 11.8. The number of likely N-dealkylation sites (N-methyl/N-ethyl adjacent to an activating group) is 1. The van der Waals surface area contributed by atoms with Crippen molar-refractivity contribution in [3.63, 3.8) is 0 Å². The Morgan fingerprint density at radius 3 is 2.74 bits per heavy atom. The van der Waals surface area contributed by atoms with Gasteiger partial charge in [-0.3, -0.25) is 9.59 Å². The molecule has 19 heavy (non-hydrogen) atoms. The zero-order valence-electron chi connectivity index (χ0n) is 11.7. The number of ketones is 1. The van der Waals surface area contributed by atoms with Crippen LogP contribution in [-0.2, 0) is 16.0 Å².